The molecule has 1 aliphatic heterocycles. The van der Waals surface area contributed by atoms with E-state index in [9.17, 15) is 0 Å². The lowest BCUT2D eigenvalue weighted by atomic mass is 10.2. The zero-order valence-corrected chi connectivity index (χ0v) is 13.2. The molecule has 0 fully saturated rings. The van der Waals surface area contributed by atoms with E-state index >= 15 is 0 Å². The van der Waals surface area contributed by atoms with Crippen LogP contribution in [0.4, 0.5) is 0 Å². The summed E-state index contributed by atoms with van der Waals surface area (Å²) in [6.45, 7) is 0.533. The van der Waals surface area contributed by atoms with Crippen molar-refractivity contribution in [3.8, 4) is 0 Å². The summed E-state index contributed by atoms with van der Waals surface area (Å²) in [7, 11) is 1.68. The number of benzene rings is 2. The smallest absolute Gasteiger partial charge is 0.0727 e. The maximum absolute atomic E-state index is 6.27. The molecule has 3 rings (SSSR count). The summed E-state index contributed by atoms with van der Waals surface area (Å²) in [5.74, 6) is 0. The molecule has 1 heterocycles. The third kappa shape index (κ3) is 2.76. The molecular formula is C14H10Cl2OS2. The quantitative estimate of drug-likeness (QED) is 0.592. The van der Waals surface area contributed by atoms with Gasteiger partial charge in [-0.3, -0.25) is 0 Å². The Balaban J connectivity index is 2.02. The predicted octanol–water partition coefficient (Wildman–Crippen LogP) is 5.76. The maximum atomic E-state index is 6.27. The fourth-order valence-electron chi connectivity index (χ4n) is 1.89. The van der Waals surface area contributed by atoms with Gasteiger partial charge in [0.05, 0.1) is 6.61 Å². The number of hydrogen-bond donors (Lipinski definition) is 0. The monoisotopic (exact) mass is 328 g/mol. The Morgan fingerprint density at radius 1 is 0.947 bits per heavy atom. The van der Waals surface area contributed by atoms with Gasteiger partial charge in [0.1, 0.15) is 0 Å². The first-order valence-corrected chi connectivity index (χ1v) is 8.03. The van der Waals surface area contributed by atoms with E-state index in [0.717, 1.165) is 15.6 Å². The van der Waals surface area contributed by atoms with E-state index in [2.05, 4.69) is 12.1 Å². The van der Waals surface area contributed by atoms with E-state index in [0.29, 0.717) is 6.61 Å². The predicted molar refractivity (Wildman–Crippen MR) is 81.9 cm³/mol. The van der Waals surface area contributed by atoms with Crippen molar-refractivity contribution in [1.82, 2.24) is 0 Å². The number of rotatable bonds is 2. The van der Waals surface area contributed by atoms with Crippen LogP contribution < -0.4 is 0 Å². The van der Waals surface area contributed by atoms with Gasteiger partial charge in [0.2, 0.25) is 0 Å². The van der Waals surface area contributed by atoms with Gasteiger partial charge in [-0.25, -0.2) is 0 Å². The summed E-state index contributed by atoms with van der Waals surface area (Å²) in [6, 6.07) is 10.1. The van der Waals surface area contributed by atoms with Gasteiger partial charge in [-0.1, -0.05) is 46.7 Å². The molecule has 1 aliphatic rings. The molecule has 0 amide bonds. The highest BCUT2D eigenvalue weighted by Crippen LogP contribution is 2.50. The molecule has 0 radical (unpaired) electrons. The minimum atomic E-state index is 0.533. The van der Waals surface area contributed by atoms with Gasteiger partial charge in [0.15, 0.2) is 0 Å². The number of hydrogen-bond acceptors (Lipinski definition) is 3. The second-order valence-electron chi connectivity index (χ2n) is 4.12. The molecule has 2 aromatic carbocycles. The Kier molecular flexibility index (Phi) is 4.01. The molecule has 98 valence electrons. The lowest BCUT2D eigenvalue weighted by Crippen LogP contribution is -1.94. The topological polar surface area (TPSA) is 9.23 Å². The van der Waals surface area contributed by atoms with Crippen molar-refractivity contribution < 1.29 is 4.74 Å². The van der Waals surface area contributed by atoms with Crippen LogP contribution in [0.5, 0.6) is 0 Å². The van der Waals surface area contributed by atoms with Crippen LogP contribution in [0.3, 0.4) is 0 Å². The van der Waals surface area contributed by atoms with Crippen LogP contribution in [0.1, 0.15) is 5.56 Å². The summed E-state index contributed by atoms with van der Waals surface area (Å²) in [5.41, 5.74) is 1.02. The van der Waals surface area contributed by atoms with Crippen molar-refractivity contribution in [2.24, 2.45) is 0 Å². The molecule has 2 aromatic rings. The molecule has 0 spiro atoms. The molecule has 0 saturated carbocycles. The lowest BCUT2D eigenvalue weighted by molar-refractivity contribution is 0.184. The Morgan fingerprint density at radius 2 is 1.63 bits per heavy atom. The Hall–Kier alpha value is -0.320. The highest BCUT2D eigenvalue weighted by molar-refractivity contribution is 8.05. The van der Waals surface area contributed by atoms with Crippen LogP contribution in [-0.2, 0) is 11.3 Å². The Morgan fingerprint density at radius 3 is 2.42 bits per heavy atom. The highest BCUT2D eigenvalue weighted by Gasteiger charge is 2.19. The molecule has 0 atom stereocenters. The van der Waals surface area contributed by atoms with E-state index in [-0.39, 0.29) is 0 Å². The SMILES string of the molecule is COCc1cc2c(cc1Cl)Sc1cc(Cl)ccc1S2. The summed E-state index contributed by atoms with van der Waals surface area (Å²) in [5, 5.41) is 1.51. The first kappa shape index (κ1) is 13.7. The normalized spacial score (nSPS) is 13.0. The highest BCUT2D eigenvalue weighted by atomic mass is 35.5. The van der Waals surface area contributed by atoms with Crippen LogP contribution in [0.2, 0.25) is 10.0 Å². The molecule has 1 nitrogen and oxygen atoms in total. The van der Waals surface area contributed by atoms with Crippen LogP contribution in [-0.4, -0.2) is 7.11 Å². The molecule has 0 aromatic heterocycles. The van der Waals surface area contributed by atoms with Crippen LogP contribution >= 0.6 is 46.7 Å². The van der Waals surface area contributed by atoms with Crippen LogP contribution in [0.15, 0.2) is 49.9 Å². The summed E-state index contributed by atoms with van der Waals surface area (Å²) < 4.78 is 5.17. The van der Waals surface area contributed by atoms with E-state index in [4.69, 9.17) is 27.9 Å². The minimum Gasteiger partial charge on any atom is -0.380 e. The molecule has 0 aliphatic carbocycles. The Labute approximate surface area is 130 Å². The molecule has 0 unspecified atom stereocenters. The van der Waals surface area contributed by atoms with Crippen molar-refractivity contribution >= 4 is 46.7 Å². The van der Waals surface area contributed by atoms with Crippen LogP contribution in [0.25, 0.3) is 0 Å². The zero-order valence-electron chi connectivity index (χ0n) is 10.1. The fourth-order valence-corrected chi connectivity index (χ4v) is 4.73. The van der Waals surface area contributed by atoms with Crippen molar-refractivity contribution in [2.45, 2.75) is 26.2 Å². The first-order chi connectivity index (χ1) is 9.17. The first-order valence-electron chi connectivity index (χ1n) is 5.64. The molecule has 5 heteroatoms. The van der Waals surface area contributed by atoms with E-state index in [1.807, 2.05) is 18.2 Å². The summed E-state index contributed by atoms with van der Waals surface area (Å²) in [6.07, 6.45) is 0. The minimum absolute atomic E-state index is 0.533. The average Bonchev–Trinajstić information content (AvgIpc) is 2.38. The molecule has 19 heavy (non-hydrogen) atoms. The second kappa shape index (κ2) is 5.58. The lowest BCUT2D eigenvalue weighted by Gasteiger charge is -2.19. The number of halogens is 2. The molecule has 0 bridgehead atoms. The van der Waals surface area contributed by atoms with Gasteiger partial charge in [0.25, 0.3) is 0 Å². The standard InChI is InChI=1S/C14H10Cl2OS2/c1-17-7-8-4-12-14(6-10(8)16)19-13-5-9(15)2-3-11(13)18-12/h2-6H,7H2,1H3. The average molecular weight is 329 g/mol. The van der Waals surface area contributed by atoms with Crippen molar-refractivity contribution in [3.05, 3.63) is 45.9 Å². The van der Waals surface area contributed by atoms with Gasteiger partial charge in [-0.05, 0) is 35.9 Å². The van der Waals surface area contributed by atoms with E-state index in [1.165, 1.54) is 19.6 Å². The van der Waals surface area contributed by atoms with E-state index < -0.39 is 0 Å². The van der Waals surface area contributed by atoms with Gasteiger partial charge in [-0.15, -0.1) is 0 Å². The molecular weight excluding hydrogens is 319 g/mol. The number of methoxy groups -OCH3 is 1. The second-order valence-corrected chi connectivity index (χ2v) is 7.13. The van der Waals surface area contributed by atoms with Gasteiger partial charge in [0, 0.05) is 36.7 Å². The fraction of sp³-hybridized carbons (Fsp3) is 0.143. The van der Waals surface area contributed by atoms with Crippen LogP contribution in [0, 0.1) is 0 Å². The van der Waals surface area contributed by atoms with Gasteiger partial charge >= 0.3 is 0 Å². The van der Waals surface area contributed by atoms with Gasteiger partial charge < -0.3 is 4.74 Å². The van der Waals surface area contributed by atoms with E-state index in [1.54, 1.807) is 30.6 Å². The number of ether oxygens (including phenoxy) is 1. The maximum Gasteiger partial charge on any atom is 0.0727 e. The van der Waals surface area contributed by atoms with Crippen molar-refractivity contribution in [2.75, 3.05) is 7.11 Å². The van der Waals surface area contributed by atoms with Gasteiger partial charge in [-0.2, -0.15) is 0 Å². The summed E-state index contributed by atoms with van der Waals surface area (Å²) >= 11 is 15.8. The summed E-state index contributed by atoms with van der Waals surface area (Å²) in [4.78, 5) is 4.80. The van der Waals surface area contributed by atoms with Crippen molar-refractivity contribution in [1.29, 1.82) is 0 Å². The third-order valence-electron chi connectivity index (χ3n) is 2.76. The zero-order chi connectivity index (χ0) is 13.4. The third-order valence-corrected chi connectivity index (χ3v) is 5.85. The molecule has 0 N–H and O–H groups in total. The Bertz CT molecular complexity index is 644. The molecule has 0 saturated heterocycles. The number of fused-ring (bicyclic) bond motifs is 2. The largest absolute Gasteiger partial charge is 0.380 e. The van der Waals surface area contributed by atoms with Crippen molar-refractivity contribution in [3.63, 3.8) is 0 Å².